The number of amides is 2. The highest BCUT2D eigenvalue weighted by molar-refractivity contribution is 7.80. The normalized spacial score (nSPS) is 11.8. The third kappa shape index (κ3) is 4.55. The Morgan fingerprint density at radius 2 is 2.27 bits per heavy atom. The number of rotatable bonds is 3. The largest absolute Gasteiger partial charge is 0.392 e. The molecule has 0 rings (SSSR count). The molecule has 0 aromatic rings. The van der Waals surface area contributed by atoms with Crippen molar-refractivity contribution in [1.82, 2.24) is 10.6 Å². The van der Waals surface area contributed by atoms with Gasteiger partial charge in [-0.2, -0.15) is 0 Å². The molecule has 0 aliphatic rings. The van der Waals surface area contributed by atoms with E-state index in [4.69, 9.17) is 5.73 Å². The van der Waals surface area contributed by atoms with Gasteiger partial charge in [0.1, 0.15) is 0 Å². The van der Waals surface area contributed by atoms with Crippen LogP contribution in [0.1, 0.15) is 13.8 Å². The maximum atomic E-state index is 10.8. The average molecular weight is 175 g/mol. The zero-order valence-corrected chi connectivity index (χ0v) is 7.49. The van der Waals surface area contributed by atoms with Crippen molar-refractivity contribution in [1.29, 1.82) is 0 Å². The maximum Gasteiger partial charge on any atom is 0.315 e. The van der Waals surface area contributed by atoms with Crippen molar-refractivity contribution < 1.29 is 4.79 Å². The van der Waals surface area contributed by atoms with Crippen LogP contribution in [0.4, 0.5) is 4.79 Å². The third-order valence-electron chi connectivity index (χ3n) is 1.11. The number of thiocarbonyl (C=S) groups is 1. The van der Waals surface area contributed by atoms with Crippen LogP contribution in [0.5, 0.6) is 0 Å². The molecule has 0 aliphatic heterocycles. The lowest BCUT2D eigenvalue weighted by Crippen LogP contribution is -2.46. The van der Waals surface area contributed by atoms with Crippen LogP contribution in [-0.2, 0) is 0 Å². The predicted octanol–water partition coefficient (Wildman–Crippen LogP) is -0.0199. The molecule has 1 unspecified atom stereocenters. The number of hydrogen-bond acceptors (Lipinski definition) is 2. The van der Waals surface area contributed by atoms with Gasteiger partial charge in [-0.05, 0) is 13.8 Å². The van der Waals surface area contributed by atoms with Crippen LogP contribution >= 0.6 is 12.2 Å². The predicted molar refractivity (Wildman–Crippen MR) is 48.5 cm³/mol. The monoisotopic (exact) mass is 175 g/mol. The molecule has 0 saturated heterocycles. The van der Waals surface area contributed by atoms with Crippen LogP contribution < -0.4 is 16.4 Å². The topological polar surface area (TPSA) is 67.2 Å². The number of urea groups is 1. The van der Waals surface area contributed by atoms with Crippen LogP contribution in [0.3, 0.4) is 0 Å². The third-order valence-corrected chi connectivity index (χ3v) is 1.47. The molecule has 4 N–H and O–H groups in total. The van der Waals surface area contributed by atoms with Gasteiger partial charge in [0.05, 0.1) is 11.0 Å². The Hall–Kier alpha value is -0.840. The molecule has 2 amide bonds. The van der Waals surface area contributed by atoms with Crippen molar-refractivity contribution in [2.45, 2.75) is 19.9 Å². The molecule has 0 radical (unpaired) electrons. The lowest BCUT2D eigenvalue weighted by atomic mass is 10.3. The first-order valence-corrected chi connectivity index (χ1v) is 3.82. The first kappa shape index (κ1) is 10.2. The number of nitrogens with one attached hydrogen (secondary N) is 2. The van der Waals surface area contributed by atoms with Gasteiger partial charge in [0.2, 0.25) is 0 Å². The summed E-state index contributed by atoms with van der Waals surface area (Å²) >= 11 is 4.66. The van der Waals surface area contributed by atoms with E-state index < -0.39 is 0 Å². The van der Waals surface area contributed by atoms with Gasteiger partial charge in [0.25, 0.3) is 0 Å². The van der Waals surface area contributed by atoms with E-state index in [-0.39, 0.29) is 17.1 Å². The quantitative estimate of drug-likeness (QED) is 0.528. The molecule has 0 fully saturated rings. The van der Waals surface area contributed by atoms with Gasteiger partial charge < -0.3 is 16.4 Å². The van der Waals surface area contributed by atoms with Crippen LogP contribution in [0, 0.1) is 0 Å². The zero-order valence-electron chi connectivity index (χ0n) is 6.68. The molecule has 0 bridgehead atoms. The second-order valence-corrected chi connectivity index (χ2v) is 2.60. The van der Waals surface area contributed by atoms with Gasteiger partial charge in [0.15, 0.2) is 0 Å². The van der Waals surface area contributed by atoms with E-state index in [2.05, 4.69) is 22.9 Å². The summed E-state index contributed by atoms with van der Waals surface area (Å²) in [5.41, 5.74) is 5.27. The van der Waals surface area contributed by atoms with E-state index in [0.29, 0.717) is 6.54 Å². The van der Waals surface area contributed by atoms with Crippen LogP contribution in [0.15, 0.2) is 0 Å². The van der Waals surface area contributed by atoms with Gasteiger partial charge in [-0.1, -0.05) is 12.2 Å². The summed E-state index contributed by atoms with van der Waals surface area (Å²) in [5.74, 6) is 0. The molecule has 11 heavy (non-hydrogen) atoms. The molecular formula is C6H13N3OS. The molecule has 0 spiro atoms. The van der Waals surface area contributed by atoms with E-state index in [1.807, 2.05) is 6.92 Å². The molecule has 0 aliphatic carbocycles. The van der Waals surface area contributed by atoms with E-state index >= 15 is 0 Å². The average Bonchev–Trinajstić information content (AvgIpc) is 1.87. The summed E-state index contributed by atoms with van der Waals surface area (Å²) in [4.78, 5) is 11.1. The van der Waals surface area contributed by atoms with Crippen molar-refractivity contribution in [3.63, 3.8) is 0 Å². The van der Waals surface area contributed by atoms with Gasteiger partial charge in [-0.15, -0.1) is 0 Å². The molecular weight excluding hydrogens is 162 g/mol. The Labute approximate surface area is 71.5 Å². The number of nitrogens with two attached hydrogens (primary N) is 1. The highest BCUT2D eigenvalue weighted by atomic mass is 32.1. The molecule has 4 nitrogen and oxygen atoms in total. The summed E-state index contributed by atoms with van der Waals surface area (Å²) in [6, 6.07) is -0.496. The molecule has 64 valence electrons. The minimum Gasteiger partial charge on any atom is -0.392 e. The SMILES string of the molecule is CCNC(=O)NC(C)C(N)=S. The summed E-state index contributed by atoms with van der Waals surface area (Å²) in [7, 11) is 0. The number of carbonyl (C=O) groups is 1. The number of carbonyl (C=O) groups excluding carboxylic acids is 1. The smallest absolute Gasteiger partial charge is 0.315 e. The summed E-state index contributed by atoms with van der Waals surface area (Å²) < 4.78 is 0. The summed E-state index contributed by atoms with van der Waals surface area (Å²) in [6.45, 7) is 4.17. The Balaban J connectivity index is 3.66. The molecule has 0 heterocycles. The standard InChI is InChI=1S/C6H13N3OS/c1-3-8-6(10)9-4(2)5(7)11/h4H,3H2,1-2H3,(H2,7,11)(H2,8,9,10). The highest BCUT2D eigenvalue weighted by Gasteiger charge is 2.06. The van der Waals surface area contributed by atoms with E-state index in [1.165, 1.54) is 0 Å². The van der Waals surface area contributed by atoms with Gasteiger partial charge in [-0.3, -0.25) is 0 Å². The van der Waals surface area contributed by atoms with E-state index in [9.17, 15) is 4.79 Å². The summed E-state index contributed by atoms with van der Waals surface area (Å²) in [6.07, 6.45) is 0. The van der Waals surface area contributed by atoms with Crippen molar-refractivity contribution in [3.8, 4) is 0 Å². The van der Waals surface area contributed by atoms with Gasteiger partial charge in [0, 0.05) is 6.54 Å². The van der Waals surface area contributed by atoms with Crippen molar-refractivity contribution in [3.05, 3.63) is 0 Å². The van der Waals surface area contributed by atoms with E-state index in [0.717, 1.165) is 0 Å². The van der Waals surface area contributed by atoms with Gasteiger partial charge >= 0.3 is 6.03 Å². The first-order valence-electron chi connectivity index (χ1n) is 3.41. The lowest BCUT2D eigenvalue weighted by Gasteiger charge is -2.11. The Kier molecular flexibility index (Phi) is 4.52. The Morgan fingerprint density at radius 1 is 1.73 bits per heavy atom. The van der Waals surface area contributed by atoms with Crippen LogP contribution in [0.2, 0.25) is 0 Å². The molecule has 1 atom stereocenters. The van der Waals surface area contributed by atoms with Crippen molar-refractivity contribution >= 4 is 23.2 Å². The molecule has 0 aromatic carbocycles. The minimum atomic E-state index is -0.253. The van der Waals surface area contributed by atoms with Crippen LogP contribution in [-0.4, -0.2) is 23.6 Å². The van der Waals surface area contributed by atoms with E-state index in [1.54, 1.807) is 6.92 Å². The second-order valence-electron chi connectivity index (χ2n) is 2.13. The van der Waals surface area contributed by atoms with Gasteiger partial charge in [-0.25, -0.2) is 4.79 Å². The number of hydrogen-bond donors (Lipinski definition) is 3. The second kappa shape index (κ2) is 4.90. The fourth-order valence-electron chi connectivity index (χ4n) is 0.479. The molecule has 0 aromatic heterocycles. The lowest BCUT2D eigenvalue weighted by molar-refractivity contribution is 0.240. The fourth-order valence-corrected chi connectivity index (χ4v) is 0.538. The summed E-state index contributed by atoms with van der Waals surface area (Å²) in [5, 5.41) is 5.13. The minimum absolute atomic E-state index is 0.243. The molecule has 5 heteroatoms. The van der Waals surface area contributed by atoms with Crippen molar-refractivity contribution in [2.24, 2.45) is 5.73 Å². The molecule has 0 saturated carbocycles. The first-order chi connectivity index (χ1) is 5.07. The fraction of sp³-hybridized carbons (Fsp3) is 0.667. The highest BCUT2D eigenvalue weighted by Crippen LogP contribution is 1.80. The Morgan fingerprint density at radius 3 is 2.64 bits per heavy atom. The Bertz CT molecular complexity index is 160. The van der Waals surface area contributed by atoms with Crippen molar-refractivity contribution in [2.75, 3.05) is 6.54 Å². The van der Waals surface area contributed by atoms with Crippen LogP contribution in [0.25, 0.3) is 0 Å². The zero-order chi connectivity index (χ0) is 8.85. The maximum absolute atomic E-state index is 10.8.